The van der Waals surface area contributed by atoms with Crippen LogP contribution in [-0.2, 0) is 6.54 Å². The second-order valence-electron chi connectivity index (χ2n) is 5.72. The number of aliphatic hydroxyl groups excluding tert-OH is 1. The number of nitrogens with zero attached hydrogens (tertiary/aromatic N) is 4. The van der Waals surface area contributed by atoms with Crippen LogP contribution in [0.3, 0.4) is 0 Å². The van der Waals surface area contributed by atoms with E-state index in [1.54, 1.807) is 6.92 Å². The number of piperazine rings is 1. The molecule has 0 aliphatic carbocycles. The van der Waals surface area contributed by atoms with Crippen LogP contribution in [0.15, 0.2) is 34.7 Å². The molecule has 2 heterocycles. The Hall–Kier alpha value is -1.76. The molecule has 0 bridgehead atoms. The van der Waals surface area contributed by atoms with Gasteiger partial charge < -0.3 is 9.52 Å². The van der Waals surface area contributed by atoms with Crippen molar-refractivity contribution < 1.29 is 9.52 Å². The molecular formula is C16H22N4O2. The van der Waals surface area contributed by atoms with Crippen LogP contribution < -0.4 is 0 Å². The zero-order chi connectivity index (χ0) is 15.4. The first-order valence-corrected chi connectivity index (χ1v) is 7.67. The highest BCUT2D eigenvalue weighted by atomic mass is 16.4. The van der Waals surface area contributed by atoms with Crippen LogP contribution in [0.4, 0.5) is 0 Å². The molecule has 1 aromatic carbocycles. The van der Waals surface area contributed by atoms with Crippen molar-refractivity contribution in [3.8, 4) is 0 Å². The Kier molecular flexibility index (Phi) is 4.82. The van der Waals surface area contributed by atoms with Gasteiger partial charge in [0.2, 0.25) is 11.8 Å². The molecule has 2 aromatic rings. The first kappa shape index (κ1) is 15.1. The smallest absolute Gasteiger partial charge is 0.230 e. The maximum atomic E-state index is 10.3. The summed E-state index contributed by atoms with van der Waals surface area (Å²) in [6.07, 6.45) is -0.425. The summed E-state index contributed by atoms with van der Waals surface area (Å²) in [6.45, 7) is 6.97. The second-order valence-corrected chi connectivity index (χ2v) is 5.72. The average molecular weight is 302 g/mol. The lowest BCUT2D eigenvalue weighted by Gasteiger charge is -2.34. The molecule has 1 saturated heterocycles. The van der Waals surface area contributed by atoms with Gasteiger partial charge in [-0.1, -0.05) is 30.3 Å². The summed E-state index contributed by atoms with van der Waals surface area (Å²) in [7, 11) is 0. The van der Waals surface area contributed by atoms with E-state index in [1.807, 2.05) is 30.3 Å². The van der Waals surface area contributed by atoms with Gasteiger partial charge in [-0.2, -0.15) is 0 Å². The number of rotatable bonds is 5. The number of aromatic nitrogens is 2. The highest BCUT2D eigenvalue weighted by Crippen LogP contribution is 2.15. The summed E-state index contributed by atoms with van der Waals surface area (Å²) in [5.41, 5.74) is 0.978. The number of hydrogen-bond acceptors (Lipinski definition) is 6. The molecule has 3 rings (SSSR count). The van der Waals surface area contributed by atoms with Crippen molar-refractivity contribution in [1.82, 2.24) is 20.0 Å². The van der Waals surface area contributed by atoms with Gasteiger partial charge in [0.25, 0.3) is 0 Å². The Balaban J connectivity index is 1.45. The third-order valence-electron chi connectivity index (χ3n) is 4.01. The van der Waals surface area contributed by atoms with E-state index >= 15 is 0 Å². The number of aryl methyl sites for hydroxylation is 1. The maximum absolute atomic E-state index is 10.3. The Bertz CT molecular complexity index is 579. The fourth-order valence-corrected chi connectivity index (χ4v) is 2.75. The van der Waals surface area contributed by atoms with Crippen molar-refractivity contribution >= 4 is 0 Å². The summed E-state index contributed by atoms with van der Waals surface area (Å²) >= 11 is 0. The normalized spacial score (nSPS) is 18.5. The Labute approximate surface area is 130 Å². The molecule has 1 atom stereocenters. The minimum absolute atomic E-state index is 0.425. The maximum Gasteiger partial charge on any atom is 0.230 e. The SMILES string of the molecule is Cc1nnc(CN2CCN(C[C@@H](O)c3ccccc3)CC2)o1. The molecule has 1 aromatic heterocycles. The van der Waals surface area contributed by atoms with Crippen molar-refractivity contribution in [3.63, 3.8) is 0 Å². The van der Waals surface area contributed by atoms with E-state index in [0.717, 1.165) is 31.7 Å². The molecule has 6 nitrogen and oxygen atoms in total. The van der Waals surface area contributed by atoms with E-state index in [-0.39, 0.29) is 0 Å². The number of aliphatic hydroxyl groups is 1. The van der Waals surface area contributed by atoms with Crippen LogP contribution in [0.2, 0.25) is 0 Å². The predicted octanol–water partition coefficient (Wildman–Crippen LogP) is 1.23. The van der Waals surface area contributed by atoms with Crippen molar-refractivity contribution in [3.05, 3.63) is 47.7 Å². The quantitative estimate of drug-likeness (QED) is 0.896. The zero-order valence-corrected chi connectivity index (χ0v) is 12.9. The minimum Gasteiger partial charge on any atom is -0.424 e. The molecular weight excluding hydrogens is 280 g/mol. The molecule has 0 unspecified atom stereocenters. The average Bonchev–Trinajstić information content (AvgIpc) is 2.95. The summed E-state index contributed by atoms with van der Waals surface area (Å²) in [6, 6.07) is 9.83. The highest BCUT2D eigenvalue weighted by molar-refractivity contribution is 5.17. The molecule has 1 fully saturated rings. The van der Waals surface area contributed by atoms with Crippen LogP contribution in [-0.4, -0.2) is 57.8 Å². The van der Waals surface area contributed by atoms with E-state index in [2.05, 4.69) is 20.0 Å². The molecule has 0 radical (unpaired) electrons. The van der Waals surface area contributed by atoms with Gasteiger partial charge in [-0.05, 0) is 5.56 Å². The van der Waals surface area contributed by atoms with Crippen LogP contribution in [0.5, 0.6) is 0 Å². The lowest BCUT2D eigenvalue weighted by Crippen LogP contribution is -2.47. The van der Waals surface area contributed by atoms with Gasteiger partial charge in [0.15, 0.2) is 0 Å². The molecule has 0 amide bonds. The zero-order valence-electron chi connectivity index (χ0n) is 12.9. The first-order valence-electron chi connectivity index (χ1n) is 7.67. The van der Waals surface area contributed by atoms with E-state index in [0.29, 0.717) is 24.9 Å². The molecule has 0 saturated carbocycles. The molecule has 1 aliphatic rings. The van der Waals surface area contributed by atoms with Gasteiger partial charge in [-0.3, -0.25) is 9.80 Å². The summed E-state index contributed by atoms with van der Waals surface area (Å²) in [5, 5.41) is 18.2. The fraction of sp³-hybridized carbons (Fsp3) is 0.500. The molecule has 22 heavy (non-hydrogen) atoms. The van der Waals surface area contributed by atoms with Gasteiger partial charge in [0.05, 0.1) is 12.6 Å². The lowest BCUT2D eigenvalue weighted by atomic mass is 10.1. The van der Waals surface area contributed by atoms with Crippen LogP contribution in [0, 0.1) is 6.92 Å². The van der Waals surface area contributed by atoms with E-state index in [9.17, 15) is 5.11 Å². The van der Waals surface area contributed by atoms with Crippen molar-refractivity contribution in [2.45, 2.75) is 19.6 Å². The van der Waals surface area contributed by atoms with Gasteiger partial charge in [0.1, 0.15) is 0 Å². The molecule has 1 N–H and O–H groups in total. The van der Waals surface area contributed by atoms with Gasteiger partial charge >= 0.3 is 0 Å². The Morgan fingerprint density at radius 3 is 2.41 bits per heavy atom. The number of hydrogen-bond donors (Lipinski definition) is 1. The summed E-state index contributed by atoms with van der Waals surface area (Å²) in [4.78, 5) is 4.60. The lowest BCUT2D eigenvalue weighted by molar-refractivity contribution is 0.0670. The molecule has 6 heteroatoms. The second kappa shape index (κ2) is 7.00. The minimum atomic E-state index is -0.425. The topological polar surface area (TPSA) is 65.6 Å². The Morgan fingerprint density at radius 2 is 1.77 bits per heavy atom. The van der Waals surface area contributed by atoms with Crippen LogP contribution in [0.25, 0.3) is 0 Å². The largest absolute Gasteiger partial charge is 0.424 e. The standard InChI is InChI=1S/C16H22N4O2/c1-13-17-18-16(22-13)12-20-9-7-19(8-10-20)11-15(21)14-5-3-2-4-6-14/h2-6,15,21H,7-12H2,1H3/t15-/m1/s1. The Morgan fingerprint density at radius 1 is 1.09 bits per heavy atom. The van der Waals surface area contributed by atoms with E-state index in [4.69, 9.17) is 4.42 Å². The van der Waals surface area contributed by atoms with Crippen molar-refractivity contribution in [2.24, 2.45) is 0 Å². The van der Waals surface area contributed by atoms with Gasteiger partial charge in [0, 0.05) is 39.6 Å². The number of benzene rings is 1. The summed E-state index contributed by atoms with van der Waals surface area (Å²) < 4.78 is 5.42. The van der Waals surface area contributed by atoms with Crippen LogP contribution in [0.1, 0.15) is 23.4 Å². The fourth-order valence-electron chi connectivity index (χ4n) is 2.75. The third kappa shape index (κ3) is 3.91. The van der Waals surface area contributed by atoms with E-state index < -0.39 is 6.10 Å². The summed E-state index contributed by atoms with van der Waals surface area (Å²) in [5.74, 6) is 1.29. The van der Waals surface area contributed by atoms with Crippen molar-refractivity contribution in [2.75, 3.05) is 32.7 Å². The monoisotopic (exact) mass is 302 g/mol. The number of β-amino-alcohol motifs (C(OH)–C–C–N with tert-alkyl or cyclic N) is 1. The molecule has 1 aliphatic heterocycles. The van der Waals surface area contributed by atoms with Crippen molar-refractivity contribution in [1.29, 1.82) is 0 Å². The van der Waals surface area contributed by atoms with Gasteiger partial charge in [-0.15, -0.1) is 10.2 Å². The van der Waals surface area contributed by atoms with Gasteiger partial charge in [-0.25, -0.2) is 0 Å². The highest BCUT2D eigenvalue weighted by Gasteiger charge is 2.21. The molecule has 0 spiro atoms. The third-order valence-corrected chi connectivity index (χ3v) is 4.01. The molecule has 118 valence electrons. The van der Waals surface area contributed by atoms with Crippen LogP contribution >= 0.6 is 0 Å². The van der Waals surface area contributed by atoms with E-state index in [1.165, 1.54) is 0 Å². The predicted molar refractivity (Wildman–Crippen MR) is 82.2 cm³/mol. The first-order chi connectivity index (χ1) is 10.7.